The van der Waals surface area contributed by atoms with Crippen LogP contribution in [0.25, 0.3) is 0 Å². The molecule has 1 aromatic carbocycles. The van der Waals surface area contributed by atoms with Crippen molar-refractivity contribution in [3.8, 4) is 5.75 Å². The van der Waals surface area contributed by atoms with E-state index in [0.29, 0.717) is 6.10 Å². The Bertz CT molecular complexity index is 348. The van der Waals surface area contributed by atoms with Crippen molar-refractivity contribution < 1.29 is 9.47 Å². The molecule has 0 amide bonds. The molecule has 0 heterocycles. The van der Waals surface area contributed by atoms with E-state index in [1.807, 2.05) is 12.1 Å². The average molecular weight is 346 g/mol. The summed E-state index contributed by atoms with van der Waals surface area (Å²) in [7, 11) is 1.70. The molecule has 0 bridgehead atoms. The third-order valence-corrected chi connectivity index (χ3v) is 4.06. The van der Waals surface area contributed by atoms with Crippen LogP contribution in [0.5, 0.6) is 5.75 Å². The van der Waals surface area contributed by atoms with Crippen LogP contribution < -0.4 is 4.74 Å². The van der Waals surface area contributed by atoms with E-state index in [2.05, 4.69) is 34.7 Å². The molecule has 17 heavy (non-hydrogen) atoms. The summed E-state index contributed by atoms with van der Waals surface area (Å²) in [5.74, 6) is 0.910. The van der Waals surface area contributed by atoms with Gasteiger partial charge >= 0.3 is 0 Å². The molecule has 1 saturated carbocycles. The number of ether oxygens (including phenoxy) is 2. The van der Waals surface area contributed by atoms with Crippen LogP contribution in [0.15, 0.2) is 24.3 Å². The lowest BCUT2D eigenvalue weighted by Gasteiger charge is -2.21. The van der Waals surface area contributed by atoms with E-state index in [4.69, 9.17) is 9.47 Å². The first-order valence-electron chi connectivity index (χ1n) is 6.19. The molecule has 1 unspecified atom stereocenters. The van der Waals surface area contributed by atoms with Crippen LogP contribution in [-0.2, 0) is 4.74 Å². The Morgan fingerprint density at radius 2 is 2.12 bits per heavy atom. The van der Waals surface area contributed by atoms with Gasteiger partial charge in [-0.25, -0.2) is 0 Å². The second kappa shape index (κ2) is 6.59. The Morgan fingerprint density at radius 3 is 2.76 bits per heavy atom. The van der Waals surface area contributed by atoms with Crippen LogP contribution in [0.3, 0.4) is 0 Å². The van der Waals surface area contributed by atoms with Crippen LogP contribution in [0.1, 0.15) is 37.4 Å². The monoisotopic (exact) mass is 346 g/mol. The van der Waals surface area contributed by atoms with Gasteiger partial charge in [0, 0.05) is 4.43 Å². The molecule has 0 spiro atoms. The average Bonchev–Trinajstić information content (AvgIpc) is 2.89. The molecule has 0 aromatic heterocycles. The van der Waals surface area contributed by atoms with Crippen LogP contribution in [0, 0.1) is 0 Å². The van der Waals surface area contributed by atoms with E-state index >= 15 is 0 Å². The zero-order valence-corrected chi connectivity index (χ0v) is 12.4. The van der Waals surface area contributed by atoms with Gasteiger partial charge in [0.1, 0.15) is 5.75 Å². The van der Waals surface area contributed by atoms with Crippen molar-refractivity contribution in [2.75, 3.05) is 11.5 Å². The predicted molar refractivity (Wildman–Crippen MR) is 78.0 cm³/mol. The minimum atomic E-state index is 0.203. The number of alkyl halides is 1. The van der Waals surface area contributed by atoms with Crippen molar-refractivity contribution in [1.82, 2.24) is 0 Å². The molecule has 0 aliphatic heterocycles. The highest BCUT2D eigenvalue weighted by Gasteiger charge is 2.21. The summed E-state index contributed by atoms with van der Waals surface area (Å²) in [4.78, 5) is 0. The minimum Gasteiger partial charge on any atom is -0.497 e. The molecule has 94 valence electrons. The zero-order valence-electron chi connectivity index (χ0n) is 10.2. The van der Waals surface area contributed by atoms with Gasteiger partial charge in [-0.1, -0.05) is 47.6 Å². The molecule has 0 radical (unpaired) electrons. The number of halogens is 1. The lowest BCUT2D eigenvalue weighted by molar-refractivity contribution is 0.00517. The molecule has 1 aromatic rings. The van der Waals surface area contributed by atoms with Crippen LogP contribution in [-0.4, -0.2) is 17.6 Å². The second-order valence-electron chi connectivity index (χ2n) is 4.46. The fourth-order valence-electron chi connectivity index (χ4n) is 2.30. The van der Waals surface area contributed by atoms with E-state index in [0.717, 1.165) is 10.2 Å². The van der Waals surface area contributed by atoms with Gasteiger partial charge in [0.2, 0.25) is 0 Å². The standard InChI is InChI=1S/C14H19IO2/c1-16-13-8-4-5-11(9-13)14(10-15)17-12-6-2-3-7-12/h4-5,8-9,12,14H,2-3,6-7,10H2,1H3. The molecule has 1 atom stereocenters. The van der Waals surface area contributed by atoms with Gasteiger partial charge < -0.3 is 9.47 Å². The molecule has 2 rings (SSSR count). The summed E-state index contributed by atoms with van der Waals surface area (Å²) in [5, 5.41) is 0. The Morgan fingerprint density at radius 1 is 1.35 bits per heavy atom. The summed E-state index contributed by atoms with van der Waals surface area (Å²) in [6, 6.07) is 8.22. The predicted octanol–water partition coefficient (Wildman–Crippen LogP) is 4.13. The molecule has 0 N–H and O–H groups in total. The topological polar surface area (TPSA) is 18.5 Å². The van der Waals surface area contributed by atoms with E-state index in [-0.39, 0.29) is 6.10 Å². The molecule has 0 saturated heterocycles. The van der Waals surface area contributed by atoms with Crippen molar-refractivity contribution in [2.45, 2.75) is 37.9 Å². The Labute approximate surface area is 117 Å². The molecule has 2 nitrogen and oxygen atoms in total. The highest BCUT2D eigenvalue weighted by atomic mass is 127. The fourth-order valence-corrected chi connectivity index (χ4v) is 3.02. The summed E-state index contributed by atoms with van der Waals surface area (Å²) in [6.45, 7) is 0. The van der Waals surface area contributed by atoms with Gasteiger partial charge in [-0.2, -0.15) is 0 Å². The van der Waals surface area contributed by atoms with Gasteiger partial charge in [-0.3, -0.25) is 0 Å². The largest absolute Gasteiger partial charge is 0.497 e. The lowest BCUT2D eigenvalue weighted by Crippen LogP contribution is -2.14. The highest BCUT2D eigenvalue weighted by molar-refractivity contribution is 14.1. The number of rotatable bonds is 5. The first kappa shape index (κ1) is 13.1. The highest BCUT2D eigenvalue weighted by Crippen LogP contribution is 2.30. The minimum absolute atomic E-state index is 0.203. The van der Waals surface area contributed by atoms with Crippen molar-refractivity contribution >= 4 is 22.6 Å². The maximum Gasteiger partial charge on any atom is 0.119 e. The van der Waals surface area contributed by atoms with Crippen molar-refractivity contribution in [3.05, 3.63) is 29.8 Å². The maximum atomic E-state index is 6.18. The first-order chi connectivity index (χ1) is 8.33. The van der Waals surface area contributed by atoms with Gasteiger partial charge in [-0.15, -0.1) is 0 Å². The molecule has 1 aliphatic rings. The summed E-state index contributed by atoms with van der Waals surface area (Å²) in [6.07, 6.45) is 5.73. The molecular weight excluding hydrogens is 327 g/mol. The van der Waals surface area contributed by atoms with Crippen LogP contribution in [0.4, 0.5) is 0 Å². The third-order valence-electron chi connectivity index (χ3n) is 3.26. The number of hydrogen-bond acceptors (Lipinski definition) is 2. The van der Waals surface area contributed by atoms with Gasteiger partial charge in [0.25, 0.3) is 0 Å². The summed E-state index contributed by atoms with van der Waals surface area (Å²) >= 11 is 2.40. The Kier molecular flexibility index (Phi) is 5.10. The maximum absolute atomic E-state index is 6.18. The van der Waals surface area contributed by atoms with Crippen LogP contribution in [0.2, 0.25) is 0 Å². The Balaban J connectivity index is 2.04. The van der Waals surface area contributed by atoms with Gasteiger partial charge in [0.05, 0.1) is 19.3 Å². The number of methoxy groups -OCH3 is 1. The molecule has 1 fully saturated rings. The smallest absolute Gasteiger partial charge is 0.119 e. The normalized spacial score (nSPS) is 18.2. The van der Waals surface area contributed by atoms with E-state index < -0.39 is 0 Å². The lowest BCUT2D eigenvalue weighted by atomic mass is 10.1. The van der Waals surface area contributed by atoms with E-state index in [9.17, 15) is 0 Å². The van der Waals surface area contributed by atoms with Crippen molar-refractivity contribution in [2.24, 2.45) is 0 Å². The zero-order chi connectivity index (χ0) is 12.1. The van der Waals surface area contributed by atoms with Gasteiger partial charge in [0.15, 0.2) is 0 Å². The molecular formula is C14H19IO2. The van der Waals surface area contributed by atoms with E-state index in [1.54, 1.807) is 7.11 Å². The first-order valence-corrected chi connectivity index (χ1v) is 7.71. The summed E-state index contributed by atoms with van der Waals surface area (Å²) < 4.78 is 12.4. The van der Waals surface area contributed by atoms with Gasteiger partial charge in [-0.05, 0) is 30.5 Å². The molecule has 1 aliphatic carbocycles. The second-order valence-corrected chi connectivity index (χ2v) is 5.34. The van der Waals surface area contributed by atoms with Crippen LogP contribution >= 0.6 is 22.6 Å². The number of benzene rings is 1. The summed E-state index contributed by atoms with van der Waals surface area (Å²) in [5.41, 5.74) is 1.23. The molecule has 3 heteroatoms. The Hall–Kier alpha value is -0.290. The quantitative estimate of drug-likeness (QED) is 0.590. The SMILES string of the molecule is COc1cccc(C(CI)OC2CCCC2)c1. The number of hydrogen-bond donors (Lipinski definition) is 0. The van der Waals surface area contributed by atoms with Crippen molar-refractivity contribution in [1.29, 1.82) is 0 Å². The fraction of sp³-hybridized carbons (Fsp3) is 0.571. The van der Waals surface area contributed by atoms with E-state index in [1.165, 1.54) is 31.2 Å². The van der Waals surface area contributed by atoms with Crippen molar-refractivity contribution in [3.63, 3.8) is 0 Å². The third kappa shape index (κ3) is 3.58.